The normalized spacial score (nSPS) is 15.3. The number of ether oxygens (including phenoxy) is 1. The molecule has 0 radical (unpaired) electrons. The first-order valence-corrected chi connectivity index (χ1v) is 7.75. The number of aliphatic hydroxyl groups excluding tert-OH is 1. The third-order valence-electron chi connectivity index (χ3n) is 4.25. The van der Waals surface area contributed by atoms with Crippen LogP contribution in [0.5, 0.6) is 5.75 Å². The number of halogens is 1. The summed E-state index contributed by atoms with van der Waals surface area (Å²) in [5.41, 5.74) is 1.34. The first-order valence-electron chi connectivity index (χ1n) is 7.37. The Morgan fingerprint density at radius 1 is 1.35 bits per heavy atom. The van der Waals surface area contributed by atoms with Gasteiger partial charge in [0.2, 0.25) is 0 Å². The summed E-state index contributed by atoms with van der Waals surface area (Å²) >= 11 is 6.13. The lowest BCUT2D eigenvalue weighted by Crippen LogP contribution is -2.15. The number of nitrogens with zero attached hydrogens (tertiary/aromatic N) is 2. The van der Waals surface area contributed by atoms with Gasteiger partial charge >= 0.3 is 0 Å². The number of hydrogen-bond acceptors (Lipinski definition) is 5. The molecule has 0 bridgehead atoms. The van der Waals surface area contributed by atoms with E-state index in [9.17, 15) is 4.79 Å². The molecule has 120 valence electrons. The van der Waals surface area contributed by atoms with Gasteiger partial charge in [0.25, 0.3) is 0 Å². The number of ketones is 1. The van der Waals surface area contributed by atoms with Gasteiger partial charge in [-0.15, -0.1) is 0 Å². The van der Waals surface area contributed by atoms with E-state index < -0.39 is 6.61 Å². The van der Waals surface area contributed by atoms with Gasteiger partial charge in [-0.3, -0.25) is 4.79 Å². The molecule has 0 atom stereocenters. The van der Waals surface area contributed by atoms with Gasteiger partial charge in [0.05, 0.1) is 12.7 Å². The lowest BCUT2D eigenvalue weighted by molar-refractivity contribution is 0.0903. The lowest BCUT2D eigenvalue weighted by Gasteiger charge is -2.18. The Morgan fingerprint density at radius 2 is 2.04 bits per heavy atom. The molecule has 2 aromatic rings. The van der Waals surface area contributed by atoms with Crippen LogP contribution in [0.4, 0.5) is 0 Å². The maximum atomic E-state index is 11.4. The van der Waals surface area contributed by atoms with Crippen LogP contribution in [0.25, 0.3) is 0 Å². The zero-order valence-corrected chi connectivity index (χ0v) is 13.5. The van der Waals surface area contributed by atoms with Gasteiger partial charge in [0.1, 0.15) is 18.2 Å². The summed E-state index contributed by atoms with van der Waals surface area (Å²) in [6.45, 7) is -0.535. The molecule has 1 heterocycles. The molecule has 3 rings (SSSR count). The number of Topliss-reactive ketones (excluding diaryl/α,β-unsaturated/α-hetero) is 1. The van der Waals surface area contributed by atoms with Crippen molar-refractivity contribution in [3.63, 3.8) is 0 Å². The van der Waals surface area contributed by atoms with Crippen LogP contribution in [0.1, 0.15) is 34.6 Å². The Balaban J connectivity index is 1.85. The van der Waals surface area contributed by atoms with E-state index in [0.29, 0.717) is 22.8 Å². The van der Waals surface area contributed by atoms with Gasteiger partial charge in [-0.2, -0.15) is 0 Å². The molecule has 0 amide bonds. The van der Waals surface area contributed by atoms with Gasteiger partial charge in [-0.05, 0) is 31.0 Å². The quantitative estimate of drug-likeness (QED) is 0.823. The van der Waals surface area contributed by atoms with Crippen LogP contribution in [0, 0.1) is 0 Å². The topological polar surface area (TPSA) is 72.3 Å². The minimum absolute atomic E-state index is 0.0568. The molecule has 0 aliphatic heterocycles. The highest BCUT2D eigenvalue weighted by atomic mass is 35.5. The predicted molar refractivity (Wildman–Crippen MR) is 86.1 cm³/mol. The number of carbonyl (C=O) groups is 1. The molecule has 0 spiro atoms. The maximum absolute atomic E-state index is 11.4. The van der Waals surface area contributed by atoms with Gasteiger partial charge in [0, 0.05) is 34.8 Å². The van der Waals surface area contributed by atoms with Crippen LogP contribution in [0.3, 0.4) is 0 Å². The SMILES string of the molecule is COc1ccc(Cl)cc1C1(Cc2ncc(C(=O)CO)cn2)CC1. The first kappa shape index (κ1) is 15.9. The molecule has 6 heteroatoms. The highest BCUT2D eigenvalue weighted by molar-refractivity contribution is 6.30. The number of aromatic nitrogens is 2. The molecule has 1 saturated carbocycles. The minimum atomic E-state index is -0.535. The van der Waals surface area contributed by atoms with Crippen molar-refractivity contribution < 1.29 is 14.6 Å². The van der Waals surface area contributed by atoms with E-state index in [1.807, 2.05) is 18.2 Å². The smallest absolute Gasteiger partial charge is 0.191 e. The fourth-order valence-electron chi connectivity index (χ4n) is 2.77. The van der Waals surface area contributed by atoms with Crippen LogP contribution in [0.2, 0.25) is 5.02 Å². The molecule has 0 unspecified atom stereocenters. The highest BCUT2D eigenvalue weighted by Crippen LogP contribution is 2.53. The minimum Gasteiger partial charge on any atom is -0.496 e. The summed E-state index contributed by atoms with van der Waals surface area (Å²) in [4.78, 5) is 19.9. The molecular formula is C17H17ClN2O3. The van der Waals surface area contributed by atoms with E-state index >= 15 is 0 Å². The number of hydrogen-bond donors (Lipinski definition) is 1. The van der Waals surface area contributed by atoms with Crippen molar-refractivity contribution in [3.8, 4) is 5.75 Å². The standard InChI is InChI=1S/C17H17ClN2O3/c1-23-15-3-2-12(18)6-13(15)17(4-5-17)7-16-19-8-11(9-20-16)14(22)10-21/h2-3,6,8-9,21H,4-5,7,10H2,1H3. The summed E-state index contributed by atoms with van der Waals surface area (Å²) < 4.78 is 5.46. The molecule has 1 aromatic carbocycles. The Kier molecular flexibility index (Phi) is 4.33. The second-order valence-corrected chi connectivity index (χ2v) is 6.21. The summed E-state index contributed by atoms with van der Waals surface area (Å²) in [6, 6.07) is 5.63. The van der Waals surface area contributed by atoms with E-state index in [1.54, 1.807) is 7.11 Å². The van der Waals surface area contributed by atoms with Gasteiger partial charge in [0.15, 0.2) is 5.78 Å². The van der Waals surface area contributed by atoms with Crippen molar-refractivity contribution in [2.45, 2.75) is 24.7 Å². The monoisotopic (exact) mass is 332 g/mol. The summed E-state index contributed by atoms with van der Waals surface area (Å²) in [6.07, 6.45) is 5.63. The Labute approximate surface area is 139 Å². The molecule has 1 N–H and O–H groups in total. The van der Waals surface area contributed by atoms with Crippen molar-refractivity contribution in [3.05, 3.63) is 52.6 Å². The van der Waals surface area contributed by atoms with Gasteiger partial charge in [-0.25, -0.2) is 9.97 Å². The molecule has 0 saturated heterocycles. The molecular weight excluding hydrogens is 316 g/mol. The summed E-state index contributed by atoms with van der Waals surface area (Å²) in [5.74, 6) is 1.10. The predicted octanol–water partition coefficient (Wildman–Crippen LogP) is 2.59. The average molecular weight is 333 g/mol. The van der Waals surface area contributed by atoms with Gasteiger partial charge < -0.3 is 9.84 Å². The molecule has 1 aliphatic rings. The van der Waals surface area contributed by atoms with Crippen LogP contribution in [0.15, 0.2) is 30.6 Å². The second-order valence-electron chi connectivity index (χ2n) is 5.77. The van der Waals surface area contributed by atoms with E-state index in [0.717, 1.165) is 24.2 Å². The number of methoxy groups -OCH3 is 1. The first-order chi connectivity index (χ1) is 11.1. The van der Waals surface area contributed by atoms with Crippen LogP contribution >= 0.6 is 11.6 Å². The lowest BCUT2D eigenvalue weighted by atomic mass is 9.91. The molecule has 1 aromatic heterocycles. The summed E-state index contributed by atoms with van der Waals surface area (Å²) in [7, 11) is 1.65. The van der Waals surface area contributed by atoms with E-state index in [2.05, 4.69) is 9.97 Å². The Morgan fingerprint density at radius 3 is 2.61 bits per heavy atom. The molecule has 5 nitrogen and oxygen atoms in total. The van der Waals surface area contributed by atoms with Crippen molar-refractivity contribution >= 4 is 17.4 Å². The molecule has 23 heavy (non-hydrogen) atoms. The van der Waals surface area contributed by atoms with Crippen LogP contribution in [-0.4, -0.2) is 34.6 Å². The van der Waals surface area contributed by atoms with Crippen LogP contribution < -0.4 is 4.74 Å². The van der Waals surface area contributed by atoms with Crippen molar-refractivity contribution in [1.82, 2.24) is 9.97 Å². The third-order valence-corrected chi connectivity index (χ3v) is 4.49. The van der Waals surface area contributed by atoms with Crippen molar-refractivity contribution in [2.75, 3.05) is 13.7 Å². The van der Waals surface area contributed by atoms with E-state index in [1.165, 1.54) is 12.4 Å². The molecule has 1 aliphatic carbocycles. The zero-order chi connectivity index (χ0) is 16.4. The number of aliphatic hydroxyl groups is 1. The van der Waals surface area contributed by atoms with Crippen LogP contribution in [-0.2, 0) is 11.8 Å². The third kappa shape index (κ3) is 3.21. The second kappa shape index (κ2) is 6.26. The zero-order valence-electron chi connectivity index (χ0n) is 12.8. The van der Waals surface area contributed by atoms with Gasteiger partial charge in [-0.1, -0.05) is 11.6 Å². The average Bonchev–Trinajstić information content (AvgIpc) is 3.35. The van der Waals surface area contributed by atoms with Crippen molar-refractivity contribution in [1.29, 1.82) is 0 Å². The fraction of sp³-hybridized carbons (Fsp3) is 0.353. The maximum Gasteiger partial charge on any atom is 0.191 e. The fourth-order valence-corrected chi connectivity index (χ4v) is 2.94. The number of carbonyl (C=O) groups excluding carboxylic acids is 1. The molecule has 1 fully saturated rings. The number of benzene rings is 1. The van der Waals surface area contributed by atoms with Crippen molar-refractivity contribution in [2.24, 2.45) is 0 Å². The highest BCUT2D eigenvalue weighted by Gasteiger charge is 2.46. The Hall–Kier alpha value is -1.98. The largest absolute Gasteiger partial charge is 0.496 e. The summed E-state index contributed by atoms with van der Waals surface area (Å²) in [5, 5.41) is 9.53. The van der Waals surface area contributed by atoms with E-state index in [-0.39, 0.29) is 11.2 Å². The number of rotatable bonds is 6. The van der Waals surface area contributed by atoms with E-state index in [4.69, 9.17) is 21.4 Å². The Bertz CT molecular complexity index is 727.